The van der Waals surface area contributed by atoms with Gasteiger partial charge in [0.1, 0.15) is 18.1 Å². The van der Waals surface area contributed by atoms with Crippen LogP contribution in [0.2, 0.25) is 0 Å². The number of nitrogens with one attached hydrogen (secondary N) is 1. The maximum absolute atomic E-state index is 12.0. The predicted molar refractivity (Wildman–Crippen MR) is 96.0 cm³/mol. The van der Waals surface area contributed by atoms with Gasteiger partial charge in [0, 0.05) is 12.4 Å². The third-order valence-electron chi connectivity index (χ3n) is 3.68. The first-order chi connectivity index (χ1) is 13.6. The Balaban J connectivity index is 1.91. The van der Waals surface area contributed by atoms with Gasteiger partial charge in [-0.2, -0.15) is 5.26 Å². The molecule has 28 heavy (non-hydrogen) atoms. The Morgan fingerprint density at radius 3 is 2.82 bits per heavy atom. The summed E-state index contributed by atoms with van der Waals surface area (Å²) < 4.78 is 6.32. The van der Waals surface area contributed by atoms with Crippen molar-refractivity contribution in [3.05, 3.63) is 59.6 Å². The lowest BCUT2D eigenvalue weighted by atomic mass is 10.1. The lowest BCUT2D eigenvalue weighted by Crippen LogP contribution is -2.17. The van der Waals surface area contributed by atoms with E-state index in [1.807, 2.05) is 6.07 Å². The van der Waals surface area contributed by atoms with Crippen LogP contribution in [0.5, 0.6) is 0 Å². The quantitative estimate of drug-likeness (QED) is 0.376. The number of rotatable bonds is 5. The highest BCUT2D eigenvalue weighted by molar-refractivity contribution is 5.94. The fraction of sp³-hybridized carbons (Fsp3) is 0.111. The fourth-order valence-electron chi connectivity index (χ4n) is 2.31. The molecule has 1 unspecified atom stereocenters. The van der Waals surface area contributed by atoms with Crippen molar-refractivity contribution < 1.29 is 14.6 Å². The van der Waals surface area contributed by atoms with E-state index in [4.69, 9.17) is 11.7 Å². The molecule has 0 saturated heterocycles. The Morgan fingerprint density at radius 1 is 1.43 bits per heavy atom. The van der Waals surface area contributed by atoms with Crippen molar-refractivity contribution in [3.8, 4) is 24.2 Å². The number of nitrogens with zero attached hydrogens (tertiary/aromatic N) is 6. The van der Waals surface area contributed by atoms with Gasteiger partial charge in [0.15, 0.2) is 23.4 Å². The van der Waals surface area contributed by atoms with Crippen LogP contribution < -0.4 is 5.32 Å². The van der Waals surface area contributed by atoms with Gasteiger partial charge >= 0.3 is 5.97 Å². The number of carbonyl (C=O) groups is 1. The van der Waals surface area contributed by atoms with E-state index >= 15 is 0 Å². The topological polar surface area (TPSA) is 139 Å². The maximum atomic E-state index is 12.0. The third kappa shape index (κ3) is 3.62. The molecule has 10 nitrogen and oxygen atoms in total. The Morgan fingerprint density at radius 2 is 2.25 bits per heavy atom. The monoisotopic (exact) mass is 375 g/mol. The van der Waals surface area contributed by atoms with Crippen LogP contribution in [-0.2, 0) is 4.74 Å². The first-order valence-corrected chi connectivity index (χ1v) is 7.84. The molecule has 3 rings (SSSR count). The molecule has 0 spiro atoms. The number of hydrogen-bond donors (Lipinski definition) is 2. The Bertz CT molecular complexity index is 1080. The molecule has 0 bridgehead atoms. The van der Waals surface area contributed by atoms with Gasteiger partial charge in [0.2, 0.25) is 0 Å². The molecule has 0 aliphatic heterocycles. The number of methoxy groups -OCH3 is 1. The molecule has 3 aromatic rings. The second-order valence-electron chi connectivity index (χ2n) is 5.36. The van der Waals surface area contributed by atoms with Gasteiger partial charge in [-0.3, -0.25) is 4.57 Å². The van der Waals surface area contributed by atoms with Gasteiger partial charge in [-0.05, 0) is 18.2 Å². The lowest BCUT2D eigenvalue weighted by molar-refractivity contribution is 0.0595. The average molecular weight is 375 g/mol. The van der Waals surface area contributed by atoms with E-state index in [0.29, 0.717) is 5.82 Å². The molecule has 10 heteroatoms. The van der Waals surface area contributed by atoms with Crippen LogP contribution in [0.25, 0.3) is 5.82 Å². The van der Waals surface area contributed by atoms with Crippen molar-refractivity contribution >= 4 is 11.7 Å². The number of ether oxygens (including phenoxy) is 1. The van der Waals surface area contributed by atoms with E-state index in [0.717, 1.165) is 0 Å². The Kier molecular flexibility index (Phi) is 5.25. The van der Waals surface area contributed by atoms with Crippen molar-refractivity contribution in [2.75, 3.05) is 12.4 Å². The molecule has 2 N–H and O–H groups in total. The van der Waals surface area contributed by atoms with Crippen LogP contribution >= 0.6 is 0 Å². The molecule has 0 aliphatic rings. The summed E-state index contributed by atoms with van der Waals surface area (Å²) in [5.41, 5.74) is 0.136. The van der Waals surface area contributed by atoms with Crippen LogP contribution in [0.15, 0.2) is 36.9 Å². The van der Waals surface area contributed by atoms with Gasteiger partial charge < -0.3 is 15.2 Å². The summed E-state index contributed by atoms with van der Waals surface area (Å²) in [5.74, 6) is 2.03. The van der Waals surface area contributed by atoms with Crippen molar-refractivity contribution in [3.63, 3.8) is 0 Å². The number of imidazole rings is 1. The average Bonchev–Trinajstić information content (AvgIpc) is 3.27. The molecule has 0 fully saturated rings. The SMILES string of the molecule is C#Cc1cc(NC(O)c2ccc(-n3ccnc3)nn2)c(C(=O)OC)nc1C#N. The molecule has 0 amide bonds. The van der Waals surface area contributed by atoms with Crippen molar-refractivity contribution in [1.82, 2.24) is 24.7 Å². The van der Waals surface area contributed by atoms with Gasteiger partial charge in [-0.1, -0.05) is 5.92 Å². The number of hydrogen-bond acceptors (Lipinski definition) is 9. The smallest absolute Gasteiger partial charge is 0.358 e. The zero-order valence-electron chi connectivity index (χ0n) is 14.6. The summed E-state index contributed by atoms with van der Waals surface area (Å²) in [6, 6.07) is 6.36. The standard InChI is InChI=1S/C18H13N7O3/c1-3-11-8-13(16(18(27)28-2)21-14(11)9-19)22-17(26)12-4-5-15(24-23-12)25-7-6-20-10-25/h1,4-8,10,17,22,26H,2H3. The summed E-state index contributed by atoms with van der Waals surface area (Å²) in [4.78, 5) is 19.8. The van der Waals surface area contributed by atoms with Gasteiger partial charge in [0.05, 0.1) is 18.4 Å². The molecule has 0 aliphatic carbocycles. The zero-order valence-corrected chi connectivity index (χ0v) is 14.6. The second kappa shape index (κ2) is 7.95. The van der Waals surface area contributed by atoms with Crippen LogP contribution in [0.4, 0.5) is 5.69 Å². The highest BCUT2D eigenvalue weighted by Gasteiger charge is 2.21. The molecule has 1 atom stereocenters. The Labute approximate surface area is 159 Å². The summed E-state index contributed by atoms with van der Waals surface area (Å²) in [5, 5.41) is 30.2. The molecule has 0 radical (unpaired) electrons. The number of aliphatic hydroxyl groups excluding tert-OH is 1. The molecule has 3 heterocycles. The first-order valence-electron chi connectivity index (χ1n) is 7.84. The molecule has 0 saturated carbocycles. The second-order valence-corrected chi connectivity index (χ2v) is 5.36. The summed E-state index contributed by atoms with van der Waals surface area (Å²) in [6.45, 7) is 0. The van der Waals surface area contributed by atoms with Crippen LogP contribution in [0, 0.1) is 23.7 Å². The predicted octanol–water partition coefficient (Wildman–Crippen LogP) is 0.800. The van der Waals surface area contributed by atoms with E-state index in [9.17, 15) is 9.90 Å². The highest BCUT2D eigenvalue weighted by Crippen LogP contribution is 2.23. The van der Waals surface area contributed by atoms with Gasteiger partial charge in [0.25, 0.3) is 0 Å². The number of aliphatic hydroxyl groups is 1. The Hall–Kier alpha value is -4.28. The number of pyridine rings is 1. The minimum Gasteiger partial charge on any atom is -0.464 e. The zero-order chi connectivity index (χ0) is 20.1. The number of carbonyl (C=O) groups excluding carboxylic acids is 1. The van der Waals surface area contributed by atoms with E-state index in [1.165, 1.54) is 13.2 Å². The van der Waals surface area contributed by atoms with E-state index in [-0.39, 0.29) is 28.3 Å². The van der Waals surface area contributed by atoms with E-state index in [1.54, 1.807) is 35.4 Å². The summed E-state index contributed by atoms with van der Waals surface area (Å²) >= 11 is 0. The van der Waals surface area contributed by atoms with Gasteiger partial charge in [-0.15, -0.1) is 16.6 Å². The summed E-state index contributed by atoms with van der Waals surface area (Å²) in [7, 11) is 1.17. The lowest BCUT2D eigenvalue weighted by Gasteiger charge is -2.16. The summed E-state index contributed by atoms with van der Waals surface area (Å²) in [6.07, 6.45) is 8.91. The van der Waals surface area contributed by atoms with Crippen molar-refractivity contribution in [1.29, 1.82) is 5.26 Å². The molecule has 0 aromatic carbocycles. The first kappa shape index (κ1) is 18.5. The fourth-order valence-corrected chi connectivity index (χ4v) is 2.31. The molecular formula is C18H13N7O3. The number of nitriles is 1. The number of terminal acetylenes is 1. The van der Waals surface area contributed by atoms with Crippen LogP contribution in [0.3, 0.4) is 0 Å². The van der Waals surface area contributed by atoms with Crippen LogP contribution in [0.1, 0.15) is 33.7 Å². The molecular weight excluding hydrogens is 362 g/mol. The highest BCUT2D eigenvalue weighted by atomic mass is 16.5. The van der Waals surface area contributed by atoms with E-state index < -0.39 is 12.2 Å². The maximum Gasteiger partial charge on any atom is 0.358 e. The van der Waals surface area contributed by atoms with Gasteiger partial charge in [-0.25, -0.2) is 14.8 Å². The number of aromatic nitrogens is 5. The van der Waals surface area contributed by atoms with E-state index in [2.05, 4.69) is 36.1 Å². The number of esters is 1. The van der Waals surface area contributed by atoms with Crippen molar-refractivity contribution in [2.45, 2.75) is 6.23 Å². The minimum absolute atomic E-state index is 0.0896. The minimum atomic E-state index is -1.33. The molecule has 138 valence electrons. The third-order valence-corrected chi connectivity index (χ3v) is 3.68. The van der Waals surface area contributed by atoms with Crippen LogP contribution in [-0.4, -0.2) is 42.9 Å². The number of anilines is 1. The molecule has 3 aromatic heterocycles. The largest absolute Gasteiger partial charge is 0.464 e. The normalized spacial score (nSPS) is 11.1. The van der Waals surface area contributed by atoms with Crippen molar-refractivity contribution in [2.24, 2.45) is 0 Å².